The molecule has 0 unspecified atom stereocenters. The van der Waals surface area contributed by atoms with Gasteiger partial charge in [0.25, 0.3) is 11.5 Å². The van der Waals surface area contributed by atoms with E-state index in [-0.39, 0.29) is 17.9 Å². The van der Waals surface area contributed by atoms with E-state index in [0.717, 1.165) is 4.68 Å². The molecule has 1 aromatic heterocycles. The molecule has 1 amide bonds. The van der Waals surface area contributed by atoms with Gasteiger partial charge < -0.3 is 4.74 Å². The van der Waals surface area contributed by atoms with Crippen molar-refractivity contribution in [1.82, 2.24) is 9.66 Å². The van der Waals surface area contributed by atoms with Gasteiger partial charge in [-0.1, -0.05) is 18.2 Å². The Balaban J connectivity index is 1.77. The number of hydrogen-bond acceptors (Lipinski definition) is 4. The predicted octanol–water partition coefficient (Wildman–Crippen LogP) is 1.99. The van der Waals surface area contributed by atoms with Crippen LogP contribution in [0, 0.1) is 12.7 Å². The lowest BCUT2D eigenvalue weighted by Gasteiger charge is -2.12. The molecular weight excluding hydrogens is 313 g/mol. The first kappa shape index (κ1) is 15.7. The summed E-state index contributed by atoms with van der Waals surface area (Å²) in [7, 11) is 0. The van der Waals surface area contributed by atoms with Crippen molar-refractivity contribution in [1.29, 1.82) is 0 Å². The van der Waals surface area contributed by atoms with Crippen molar-refractivity contribution in [2.24, 2.45) is 0 Å². The second kappa shape index (κ2) is 6.49. The maximum absolute atomic E-state index is 13.1. The highest BCUT2D eigenvalue weighted by molar-refractivity contribution is 5.86. The van der Waals surface area contributed by atoms with Crippen molar-refractivity contribution < 1.29 is 13.9 Å². The van der Waals surface area contributed by atoms with Crippen LogP contribution in [0.2, 0.25) is 0 Å². The van der Waals surface area contributed by atoms with Gasteiger partial charge in [0.2, 0.25) is 0 Å². The fraction of sp³-hybridized carbons (Fsp3) is 0.118. The van der Waals surface area contributed by atoms with Crippen LogP contribution in [0.4, 0.5) is 4.39 Å². The third-order valence-corrected chi connectivity index (χ3v) is 3.35. The predicted molar refractivity (Wildman–Crippen MR) is 87.0 cm³/mol. The summed E-state index contributed by atoms with van der Waals surface area (Å²) in [5.41, 5.74) is 2.62. The van der Waals surface area contributed by atoms with Crippen molar-refractivity contribution in [3.05, 3.63) is 70.5 Å². The average Bonchev–Trinajstić information content (AvgIpc) is 2.57. The van der Waals surface area contributed by atoms with Crippen LogP contribution in [-0.4, -0.2) is 22.2 Å². The minimum atomic E-state index is -0.554. The number of para-hydroxylation sites is 1. The number of nitrogens with zero attached hydrogens (tertiary/aromatic N) is 2. The molecule has 0 atom stereocenters. The molecular formula is C17H14FN3O3. The van der Waals surface area contributed by atoms with E-state index >= 15 is 0 Å². The summed E-state index contributed by atoms with van der Waals surface area (Å²) < 4.78 is 19.3. The summed E-state index contributed by atoms with van der Waals surface area (Å²) in [4.78, 5) is 28.7. The van der Waals surface area contributed by atoms with Gasteiger partial charge in [-0.2, -0.15) is 0 Å². The highest BCUT2D eigenvalue weighted by Gasteiger charge is 2.11. The molecule has 0 aliphatic carbocycles. The van der Waals surface area contributed by atoms with Gasteiger partial charge in [0.15, 0.2) is 6.61 Å². The number of carbonyl (C=O) groups excluding carboxylic acids is 1. The lowest BCUT2D eigenvalue weighted by molar-refractivity contribution is -0.119. The van der Waals surface area contributed by atoms with Gasteiger partial charge in [-0.05, 0) is 31.2 Å². The minimum absolute atomic E-state index is 0.228. The van der Waals surface area contributed by atoms with E-state index in [1.165, 1.54) is 24.3 Å². The highest BCUT2D eigenvalue weighted by atomic mass is 19.1. The Labute approximate surface area is 136 Å². The number of fused-ring (bicyclic) bond motifs is 1. The molecule has 3 aromatic rings. The third-order valence-electron chi connectivity index (χ3n) is 3.35. The summed E-state index contributed by atoms with van der Waals surface area (Å²) >= 11 is 0. The Kier molecular flexibility index (Phi) is 4.24. The third kappa shape index (κ3) is 3.24. The fourth-order valence-corrected chi connectivity index (χ4v) is 2.24. The largest absolute Gasteiger partial charge is 0.484 e. The van der Waals surface area contributed by atoms with E-state index in [1.54, 1.807) is 31.2 Å². The maximum Gasteiger partial charge on any atom is 0.280 e. The molecule has 0 radical (unpaired) electrons. The second-order valence-corrected chi connectivity index (χ2v) is 5.10. The highest BCUT2D eigenvalue weighted by Crippen LogP contribution is 2.11. The standard InChI is InChI=1S/C17H14FN3O3/c1-11-19-15-8-3-2-7-14(15)17(23)21(11)20-16(22)10-24-13-6-4-5-12(18)9-13/h2-9H,10H2,1H3,(H,20,22). The van der Waals surface area contributed by atoms with Crippen LogP contribution in [0.15, 0.2) is 53.3 Å². The second-order valence-electron chi connectivity index (χ2n) is 5.10. The molecule has 0 aliphatic heterocycles. The number of ether oxygens (including phenoxy) is 1. The Morgan fingerprint density at radius 2 is 2.04 bits per heavy atom. The summed E-state index contributed by atoms with van der Waals surface area (Å²) in [5, 5.41) is 0.398. The van der Waals surface area contributed by atoms with Crippen LogP contribution in [0.3, 0.4) is 0 Å². The smallest absolute Gasteiger partial charge is 0.280 e. The van der Waals surface area contributed by atoms with Gasteiger partial charge in [0.05, 0.1) is 10.9 Å². The zero-order valence-electron chi connectivity index (χ0n) is 12.8. The average molecular weight is 327 g/mol. The lowest BCUT2D eigenvalue weighted by Crippen LogP contribution is -2.37. The number of nitrogens with one attached hydrogen (secondary N) is 1. The zero-order valence-corrected chi connectivity index (χ0v) is 12.8. The molecule has 7 heteroatoms. The van der Waals surface area contributed by atoms with Crippen molar-refractivity contribution in [2.75, 3.05) is 12.0 Å². The normalized spacial score (nSPS) is 10.6. The first-order chi connectivity index (χ1) is 11.5. The minimum Gasteiger partial charge on any atom is -0.484 e. The first-order valence-electron chi connectivity index (χ1n) is 7.21. The van der Waals surface area contributed by atoms with E-state index in [4.69, 9.17) is 4.74 Å². The molecule has 0 aliphatic rings. The monoisotopic (exact) mass is 327 g/mol. The number of aromatic nitrogens is 2. The molecule has 1 heterocycles. The number of benzene rings is 2. The molecule has 0 spiro atoms. The van der Waals surface area contributed by atoms with Crippen LogP contribution in [0.25, 0.3) is 10.9 Å². The topological polar surface area (TPSA) is 73.2 Å². The van der Waals surface area contributed by atoms with Crippen LogP contribution in [-0.2, 0) is 4.79 Å². The van der Waals surface area contributed by atoms with E-state index in [2.05, 4.69) is 10.4 Å². The van der Waals surface area contributed by atoms with E-state index in [1.807, 2.05) is 0 Å². The Bertz CT molecular complexity index is 969. The Morgan fingerprint density at radius 1 is 1.25 bits per heavy atom. The van der Waals surface area contributed by atoms with Gasteiger partial charge in [-0.15, -0.1) is 0 Å². The first-order valence-corrected chi connectivity index (χ1v) is 7.21. The summed E-state index contributed by atoms with van der Waals surface area (Å²) in [6.45, 7) is 1.25. The van der Waals surface area contributed by atoms with Gasteiger partial charge in [-0.25, -0.2) is 14.1 Å². The summed E-state index contributed by atoms with van der Waals surface area (Å²) in [5.74, 6) is -0.441. The zero-order chi connectivity index (χ0) is 17.1. The molecule has 0 bridgehead atoms. The SMILES string of the molecule is Cc1nc2ccccc2c(=O)n1NC(=O)COc1cccc(F)c1. The van der Waals surface area contributed by atoms with Gasteiger partial charge >= 0.3 is 0 Å². The van der Waals surface area contributed by atoms with Gasteiger partial charge in [0.1, 0.15) is 17.4 Å². The fourth-order valence-electron chi connectivity index (χ4n) is 2.24. The molecule has 0 fully saturated rings. The quantitative estimate of drug-likeness (QED) is 0.795. The maximum atomic E-state index is 13.1. The molecule has 6 nitrogen and oxygen atoms in total. The van der Waals surface area contributed by atoms with Crippen molar-refractivity contribution in [3.63, 3.8) is 0 Å². The van der Waals surface area contributed by atoms with Crippen LogP contribution < -0.4 is 15.7 Å². The number of hydrogen-bond donors (Lipinski definition) is 1. The molecule has 24 heavy (non-hydrogen) atoms. The number of rotatable bonds is 4. The van der Waals surface area contributed by atoms with Crippen molar-refractivity contribution >= 4 is 16.8 Å². The van der Waals surface area contributed by atoms with Gasteiger partial charge in [-0.3, -0.25) is 15.0 Å². The van der Waals surface area contributed by atoms with Crippen molar-refractivity contribution in [3.8, 4) is 5.75 Å². The van der Waals surface area contributed by atoms with E-state index in [0.29, 0.717) is 16.7 Å². The Hall–Kier alpha value is -3.22. The number of aryl methyl sites for hydroxylation is 1. The molecule has 3 rings (SSSR count). The molecule has 2 aromatic carbocycles. The molecule has 122 valence electrons. The van der Waals surface area contributed by atoms with Gasteiger partial charge in [0, 0.05) is 6.07 Å². The van der Waals surface area contributed by atoms with Crippen molar-refractivity contribution in [2.45, 2.75) is 6.92 Å². The van der Waals surface area contributed by atoms with Crippen LogP contribution in [0.1, 0.15) is 5.82 Å². The number of amides is 1. The van der Waals surface area contributed by atoms with Crippen LogP contribution >= 0.6 is 0 Å². The van der Waals surface area contributed by atoms with E-state index in [9.17, 15) is 14.0 Å². The molecule has 0 saturated heterocycles. The number of carbonyl (C=O) groups is 1. The Morgan fingerprint density at radius 3 is 2.83 bits per heavy atom. The lowest BCUT2D eigenvalue weighted by atomic mass is 10.2. The molecule has 0 saturated carbocycles. The van der Waals surface area contributed by atoms with E-state index < -0.39 is 11.7 Å². The number of halogens is 1. The summed E-state index contributed by atoms with van der Waals surface area (Å²) in [6, 6.07) is 12.3. The summed E-state index contributed by atoms with van der Waals surface area (Å²) in [6.07, 6.45) is 0. The molecule has 1 N–H and O–H groups in total. The van der Waals surface area contributed by atoms with Crippen LogP contribution in [0.5, 0.6) is 5.75 Å².